The first-order chi connectivity index (χ1) is 4.97. The highest BCUT2D eigenvalue weighted by Crippen LogP contribution is 2.23. The van der Waals surface area contributed by atoms with Crippen molar-refractivity contribution in [2.75, 3.05) is 0 Å². The van der Waals surface area contributed by atoms with E-state index in [1.807, 2.05) is 6.08 Å². The lowest BCUT2D eigenvalue weighted by Crippen LogP contribution is -1.87. The molecule has 49 valence electrons. The van der Waals surface area contributed by atoms with Gasteiger partial charge in [-0.1, -0.05) is 24.3 Å². The van der Waals surface area contributed by atoms with Crippen LogP contribution in [0.5, 0.6) is 0 Å². The first-order valence-electron chi connectivity index (χ1n) is 3.25. The zero-order valence-corrected chi connectivity index (χ0v) is 6.32. The maximum atomic E-state index is 3.13. The van der Waals surface area contributed by atoms with Gasteiger partial charge < -0.3 is 0 Å². The molecular weight excluding hydrogens is 140 g/mol. The standard InChI is InChI=1S/C9H7S/c1-2-4-9-7-10-6-5-8(9)3-1/h1-5H,7H2. The van der Waals surface area contributed by atoms with Crippen molar-refractivity contribution in [2.24, 2.45) is 0 Å². The lowest BCUT2D eigenvalue weighted by molar-refractivity contribution is 1.39. The van der Waals surface area contributed by atoms with E-state index in [9.17, 15) is 0 Å². The normalized spacial score (nSPS) is 14.8. The first kappa shape index (κ1) is 6.05. The summed E-state index contributed by atoms with van der Waals surface area (Å²) in [5.74, 6) is 1.08. The monoisotopic (exact) mass is 147 g/mol. The third-order valence-electron chi connectivity index (χ3n) is 1.58. The van der Waals surface area contributed by atoms with E-state index < -0.39 is 0 Å². The van der Waals surface area contributed by atoms with Crippen molar-refractivity contribution in [3.63, 3.8) is 0 Å². The number of hydrogen-bond acceptors (Lipinski definition) is 1. The Morgan fingerprint density at radius 1 is 1.30 bits per heavy atom. The molecule has 0 atom stereocenters. The minimum Gasteiger partial charge on any atom is -0.120 e. The van der Waals surface area contributed by atoms with E-state index in [1.165, 1.54) is 11.1 Å². The van der Waals surface area contributed by atoms with Gasteiger partial charge in [0, 0.05) is 11.2 Å². The van der Waals surface area contributed by atoms with Crippen molar-refractivity contribution >= 4 is 17.8 Å². The molecular formula is C9H7S. The largest absolute Gasteiger partial charge is 0.120 e. The van der Waals surface area contributed by atoms with Gasteiger partial charge in [0.25, 0.3) is 0 Å². The topological polar surface area (TPSA) is 0 Å². The van der Waals surface area contributed by atoms with Gasteiger partial charge >= 0.3 is 0 Å². The maximum Gasteiger partial charge on any atom is 0.0238 e. The van der Waals surface area contributed by atoms with E-state index >= 15 is 0 Å². The average molecular weight is 147 g/mol. The third kappa shape index (κ3) is 0.971. The molecule has 0 aliphatic carbocycles. The predicted octanol–water partition coefficient (Wildman–Crippen LogP) is 2.71. The van der Waals surface area contributed by atoms with E-state index in [2.05, 4.69) is 29.7 Å². The zero-order chi connectivity index (χ0) is 6.81. The van der Waals surface area contributed by atoms with E-state index in [-0.39, 0.29) is 0 Å². The van der Waals surface area contributed by atoms with Gasteiger partial charge in [-0.05, 0) is 17.2 Å². The summed E-state index contributed by atoms with van der Waals surface area (Å²) in [5, 5.41) is 3.13. The van der Waals surface area contributed by atoms with Crippen LogP contribution in [0.1, 0.15) is 11.1 Å². The second kappa shape index (κ2) is 2.51. The maximum absolute atomic E-state index is 3.13. The molecule has 10 heavy (non-hydrogen) atoms. The van der Waals surface area contributed by atoms with Crippen molar-refractivity contribution in [1.82, 2.24) is 0 Å². The van der Waals surface area contributed by atoms with Crippen molar-refractivity contribution in [1.29, 1.82) is 0 Å². The molecule has 0 amide bonds. The molecule has 0 unspecified atom stereocenters. The number of hydrogen-bond donors (Lipinski definition) is 0. The number of benzene rings is 1. The highest BCUT2D eigenvalue weighted by atomic mass is 32.2. The molecule has 0 bridgehead atoms. The molecule has 1 heterocycles. The molecule has 1 radical (unpaired) electrons. The van der Waals surface area contributed by atoms with Gasteiger partial charge in [0.2, 0.25) is 0 Å². The lowest BCUT2D eigenvalue weighted by Gasteiger charge is -2.06. The summed E-state index contributed by atoms with van der Waals surface area (Å²) in [6.45, 7) is 0. The smallest absolute Gasteiger partial charge is 0.0238 e. The number of fused-ring (bicyclic) bond motifs is 1. The number of rotatable bonds is 0. The van der Waals surface area contributed by atoms with Crippen molar-refractivity contribution in [2.45, 2.75) is 5.75 Å². The van der Waals surface area contributed by atoms with Crippen LogP contribution in [-0.2, 0) is 5.75 Å². The van der Waals surface area contributed by atoms with Gasteiger partial charge in [0.15, 0.2) is 0 Å². The average Bonchev–Trinajstić information content (AvgIpc) is 2.05. The zero-order valence-electron chi connectivity index (χ0n) is 5.50. The highest BCUT2D eigenvalue weighted by molar-refractivity contribution is 8.00. The van der Waals surface area contributed by atoms with Crippen LogP contribution in [0.2, 0.25) is 0 Å². The van der Waals surface area contributed by atoms with Gasteiger partial charge in [0.05, 0.1) is 0 Å². The van der Waals surface area contributed by atoms with Crippen LogP contribution < -0.4 is 0 Å². The molecule has 0 fully saturated rings. The minimum atomic E-state index is 1.08. The first-order valence-corrected chi connectivity index (χ1v) is 4.24. The molecule has 1 heteroatoms. The Balaban J connectivity index is 2.54. The van der Waals surface area contributed by atoms with E-state index in [4.69, 9.17) is 0 Å². The fourth-order valence-corrected chi connectivity index (χ4v) is 1.74. The predicted molar refractivity (Wildman–Crippen MR) is 45.4 cm³/mol. The Morgan fingerprint density at radius 2 is 2.20 bits per heavy atom. The van der Waals surface area contributed by atoms with Gasteiger partial charge in [-0.2, -0.15) is 0 Å². The van der Waals surface area contributed by atoms with Crippen molar-refractivity contribution in [3.05, 3.63) is 40.8 Å². The van der Waals surface area contributed by atoms with Crippen LogP contribution in [-0.4, -0.2) is 0 Å². The quantitative estimate of drug-likeness (QED) is 0.543. The summed E-state index contributed by atoms with van der Waals surface area (Å²) < 4.78 is 0. The molecule has 0 saturated carbocycles. The second-order valence-electron chi connectivity index (χ2n) is 2.25. The molecule has 1 aliphatic rings. The summed E-state index contributed by atoms with van der Waals surface area (Å²) in [4.78, 5) is 0. The summed E-state index contributed by atoms with van der Waals surface area (Å²) in [7, 11) is 0. The Morgan fingerprint density at radius 3 is 3.10 bits per heavy atom. The Hall–Kier alpha value is -0.690. The minimum absolute atomic E-state index is 1.08. The van der Waals surface area contributed by atoms with Crippen molar-refractivity contribution in [3.8, 4) is 0 Å². The van der Waals surface area contributed by atoms with Crippen LogP contribution in [0.3, 0.4) is 0 Å². The van der Waals surface area contributed by atoms with Crippen LogP contribution in [0.4, 0.5) is 0 Å². The van der Waals surface area contributed by atoms with Gasteiger partial charge in [-0.3, -0.25) is 0 Å². The van der Waals surface area contributed by atoms with E-state index in [0.29, 0.717) is 0 Å². The molecule has 0 spiro atoms. The summed E-state index contributed by atoms with van der Waals surface area (Å²) >= 11 is 1.73. The lowest BCUT2D eigenvalue weighted by atomic mass is 10.1. The SMILES string of the molecule is [C]1=Cc2ccccc2CS1. The van der Waals surface area contributed by atoms with E-state index in [0.717, 1.165) is 5.75 Å². The molecule has 0 aromatic heterocycles. The molecule has 1 aliphatic heterocycles. The Labute approximate surface area is 65.0 Å². The fourth-order valence-electron chi connectivity index (χ4n) is 1.03. The molecule has 0 nitrogen and oxygen atoms in total. The van der Waals surface area contributed by atoms with Crippen molar-refractivity contribution < 1.29 is 0 Å². The van der Waals surface area contributed by atoms with Crippen LogP contribution in [0.15, 0.2) is 24.3 Å². The highest BCUT2D eigenvalue weighted by Gasteiger charge is 2.01. The Kier molecular flexibility index (Phi) is 1.52. The van der Waals surface area contributed by atoms with E-state index in [1.54, 1.807) is 11.8 Å². The molecule has 1 aromatic rings. The Bertz CT molecular complexity index is 263. The fraction of sp³-hybridized carbons (Fsp3) is 0.111. The molecule has 0 saturated heterocycles. The second-order valence-corrected chi connectivity index (χ2v) is 3.06. The van der Waals surface area contributed by atoms with Crippen LogP contribution in [0.25, 0.3) is 6.08 Å². The van der Waals surface area contributed by atoms with Gasteiger partial charge in [-0.15, -0.1) is 11.8 Å². The number of thioether (sulfide) groups is 1. The summed E-state index contributed by atoms with van der Waals surface area (Å²) in [6.07, 6.45) is 2.05. The third-order valence-corrected chi connectivity index (χ3v) is 2.32. The molecule has 2 rings (SSSR count). The summed E-state index contributed by atoms with van der Waals surface area (Å²) in [6, 6.07) is 8.44. The van der Waals surface area contributed by atoms with Gasteiger partial charge in [0.1, 0.15) is 0 Å². The summed E-state index contributed by atoms with van der Waals surface area (Å²) in [5.41, 5.74) is 2.74. The van der Waals surface area contributed by atoms with Crippen LogP contribution in [0, 0.1) is 5.41 Å². The van der Waals surface area contributed by atoms with Crippen LogP contribution >= 0.6 is 11.8 Å². The van der Waals surface area contributed by atoms with Gasteiger partial charge in [-0.25, -0.2) is 0 Å². The molecule has 1 aromatic carbocycles. The molecule has 0 N–H and O–H groups in total.